The van der Waals surface area contributed by atoms with Gasteiger partial charge in [-0.2, -0.15) is 9.29 Å². The van der Waals surface area contributed by atoms with E-state index in [0.29, 0.717) is 41.3 Å². The van der Waals surface area contributed by atoms with Crippen LogP contribution in [-0.2, 0) is 21.4 Å². The number of benzene rings is 3. The second-order valence-corrected chi connectivity index (χ2v) is 12.6. The Morgan fingerprint density at radius 3 is 2.47 bits per heavy atom. The minimum Gasteiger partial charge on any atom is -0.416 e. The summed E-state index contributed by atoms with van der Waals surface area (Å²) in [6.07, 6.45) is 2.97. The number of fused-ring (bicyclic) bond motifs is 2. The average Bonchev–Trinajstić information content (AvgIpc) is 2.93. The summed E-state index contributed by atoms with van der Waals surface area (Å²) in [5.41, 5.74) is 3.03. The average molecular weight is 663 g/mol. The van der Waals surface area contributed by atoms with Crippen LogP contribution in [0.5, 0.6) is 0 Å². The Labute approximate surface area is 237 Å². The van der Waals surface area contributed by atoms with E-state index in [1.54, 1.807) is 28.6 Å². The van der Waals surface area contributed by atoms with Gasteiger partial charge < -0.3 is 14.1 Å². The van der Waals surface area contributed by atoms with E-state index in [1.165, 1.54) is 17.5 Å². The van der Waals surface area contributed by atoms with Crippen LogP contribution in [0.15, 0.2) is 96.0 Å². The maximum Gasteiger partial charge on any atom is 0.439 e. The van der Waals surface area contributed by atoms with Gasteiger partial charge in [-0.25, -0.2) is 13.2 Å². The lowest BCUT2D eigenvalue weighted by Gasteiger charge is -2.41. The highest BCUT2D eigenvalue weighted by Gasteiger charge is 2.34. The van der Waals surface area contributed by atoms with E-state index < -0.39 is 15.8 Å². The second kappa shape index (κ2) is 11.7. The van der Waals surface area contributed by atoms with Crippen LogP contribution in [0.1, 0.15) is 18.4 Å². The van der Waals surface area contributed by atoms with Gasteiger partial charge in [0, 0.05) is 44.7 Å². The molecule has 0 atom stereocenters. The number of halogens is 2. The predicted octanol–water partition coefficient (Wildman–Crippen LogP) is 5.55. The maximum atomic E-state index is 13.0. The van der Waals surface area contributed by atoms with Gasteiger partial charge >= 0.3 is 5.76 Å². The molecular formula is C27H25Br2N3O5S. The number of hydrogen-bond donors (Lipinski definition) is 0. The zero-order valence-electron chi connectivity index (χ0n) is 20.3. The number of ether oxygens (including phenoxy) is 1. The third-order valence-corrected chi connectivity index (χ3v) is 10.00. The van der Waals surface area contributed by atoms with Crippen molar-refractivity contribution in [3.05, 3.63) is 98.1 Å². The van der Waals surface area contributed by atoms with Crippen molar-refractivity contribution in [3.63, 3.8) is 0 Å². The van der Waals surface area contributed by atoms with E-state index in [0.717, 1.165) is 22.7 Å². The summed E-state index contributed by atoms with van der Waals surface area (Å²) in [6.45, 7) is 2.18. The standard InChI is InChI=1S/C19H20Br2N2O3S.C8H5NO2/c20-15-5-6-18-14(11-15)12-26-13-23(18)16-7-9-22(10-8-16)27(24,25)19-4-2-1-3-17(19)21;10-8-9-7-4-2-1-3-6(7)5-11-8/h1-6,11,16H,7-10,12-13H2;1-5H. The lowest BCUT2D eigenvalue weighted by atomic mass is 10.0. The molecule has 1 saturated heterocycles. The number of piperidine rings is 1. The summed E-state index contributed by atoms with van der Waals surface area (Å²) in [7, 11) is -3.48. The fourth-order valence-corrected chi connectivity index (χ4v) is 7.53. The van der Waals surface area contributed by atoms with Crippen molar-refractivity contribution >= 4 is 58.5 Å². The first-order chi connectivity index (χ1) is 18.3. The van der Waals surface area contributed by atoms with Crippen LogP contribution in [0.25, 0.3) is 10.9 Å². The molecule has 0 unspecified atom stereocenters. The molecule has 6 rings (SSSR count). The number of hydrogen-bond acceptors (Lipinski definition) is 7. The van der Waals surface area contributed by atoms with Crippen molar-refractivity contribution in [2.75, 3.05) is 24.7 Å². The molecule has 0 bridgehead atoms. The summed E-state index contributed by atoms with van der Waals surface area (Å²) in [6, 6.07) is 20.8. The van der Waals surface area contributed by atoms with Crippen LogP contribution in [0.4, 0.5) is 5.69 Å². The molecule has 0 spiro atoms. The minimum absolute atomic E-state index is 0.274. The molecule has 0 saturated carbocycles. The lowest BCUT2D eigenvalue weighted by molar-refractivity contribution is 0.0987. The third-order valence-electron chi connectivity index (χ3n) is 6.59. The molecule has 38 heavy (non-hydrogen) atoms. The molecule has 0 aliphatic carbocycles. The summed E-state index contributed by atoms with van der Waals surface area (Å²) < 4.78 is 39.5. The quantitative estimate of drug-likeness (QED) is 0.284. The molecule has 198 valence electrons. The Bertz CT molecular complexity index is 1600. The minimum atomic E-state index is -3.48. The van der Waals surface area contributed by atoms with Gasteiger partial charge in [-0.15, -0.1) is 0 Å². The summed E-state index contributed by atoms with van der Waals surface area (Å²) in [5.74, 6) is -0.552. The van der Waals surface area contributed by atoms with Crippen LogP contribution in [0.2, 0.25) is 0 Å². The van der Waals surface area contributed by atoms with E-state index in [2.05, 4.69) is 58.3 Å². The van der Waals surface area contributed by atoms with Crippen molar-refractivity contribution < 1.29 is 17.6 Å². The Morgan fingerprint density at radius 1 is 0.947 bits per heavy atom. The van der Waals surface area contributed by atoms with Crippen LogP contribution in [0.3, 0.4) is 0 Å². The van der Waals surface area contributed by atoms with Gasteiger partial charge in [0.05, 0.1) is 17.0 Å². The zero-order valence-corrected chi connectivity index (χ0v) is 24.3. The zero-order chi connectivity index (χ0) is 26.7. The van der Waals surface area contributed by atoms with Crippen LogP contribution in [0, 0.1) is 0 Å². The first-order valence-electron chi connectivity index (χ1n) is 12.0. The van der Waals surface area contributed by atoms with Crippen molar-refractivity contribution in [2.45, 2.75) is 30.4 Å². The fourth-order valence-electron chi connectivity index (χ4n) is 4.69. The third kappa shape index (κ3) is 5.86. The lowest BCUT2D eigenvalue weighted by Crippen LogP contribution is -2.48. The van der Waals surface area contributed by atoms with Crippen molar-refractivity contribution in [2.24, 2.45) is 0 Å². The molecular weight excluding hydrogens is 638 g/mol. The SMILES string of the molecule is O=S(=O)(c1ccccc1Br)N1CCC(N2COCc3cc(Br)ccc32)CC1.O=c1nc2ccccc2co1. The molecule has 1 aromatic heterocycles. The van der Waals surface area contributed by atoms with Crippen molar-refractivity contribution in [1.82, 2.24) is 9.29 Å². The Hall–Kier alpha value is -2.57. The highest BCUT2D eigenvalue weighted by molar-refractivity contribution is 9.10. The largest absolute Gasteiger partial charge is 0.439 e. The highest BCUT2D eigenvalue weighted by atomic mass is 79.9. The van der Waals surface area contributed by atoms with Crippen molar-refractivity contribution in [1.29, 1.82) is 0 Å². The van der Waals surface area contributed by atoms with Gasteiger partial charge in [-0.05, 0) is 71.2 Å². The molecule has 4 aromatic rings. The predicted molar refractivity (Wildman–Crippen MR) is 152 cm³/mol. The van der Waals surface area contributed by atoms with Gasteiger partial charge in [0.2, 0.25) is 10.0 Å². The topological polar surface area (TPSA) is 93.0 Å². The van der Waals surface area contributed by atoms with Crippen LogP contribution >= 0.6 is 31.9 Å². The fraction of sp³-hybridized carbons (Fsp3) is 0.259. The number of rotatable bonds is 3. The van der Waals surface area contributed by atoms with Gasteiger partial charge in [-0.3, -0.25) is 0 Å². The monoisotopic (exact) mass is 661 g/mol. The molecule has 2 aliphatic heterocycles. The van der Waals surface area contributed by atoms with Gasteiger partial charge in [-0.1, -0.05) is 40.2 Å². The van der Waals surface area contributed by atoms with Crippen LogP contribution < -0.4 is 10.7 Å². The molecule has 11 heteroatoms. The van der Waals surface area contributed by atoms with E-state index >= 15 is 0 Å². The summed E-state index contributed by atoms with van der Waals surface area (Å²) in [4.78, 5) is 16.9. The normalized spacial score (nSPS) is 16.5. The summed E-state index contributed by atoms with van der Waals surface area (Å²) >= 11 is 6.88. The molecule has 0 N–H and O–H groups in total. The highest BCUT2D eigenvalue weighted by Crippen LogP contribution is 2.34. The number of nitrogens with zero attached hydrogens (tertiary/aromatic N) is 3. The van der Waals surface area contributed by atoms with Gasteiger partial charge in [0.15, 0.2) is 0 Å². The van der Waals surface area contributed by atoms with E-state index in [1.807, 2.05) is 30.3 Å². The molecule has 1 fully saturated rings. The van der Waals surface area contributed by atoms with Gasteiger partial charge in [0.1, 0.15) is 13.0 Å². The number of anilines is 1. The Morgan fingerprint density at radius 2 is 1.68 bits per heavy atom. The first-order valence-corrected chi connectivity index (χ1v) is 15.1. The molecule has 0 amide bonds. The van der Waals surface area contributed by atoms with Crippen LogP contribution in [-0.4, -0.2) is 43.6 Å². The molecule has 8 nitrogen and oxygen atoms in total. The van der Waals surface area contributed by atoms with E-state index in [-0.39, 0.29) is 6.04 Å². The maximum absolute atomic E-state index is 13.0. The summed E-state index contributed by atoms with van der Waals surface area (Å²) in [5, 5.41) is 0.840. The van der Waals surface area contributed by atoms with E-state index in [4.69, 9.17) is 4.74 Å². The number of aromatic nitrogens is 1. The Kier molecular flexibility index (Phi) is 8.29. The molecule has 0 radical (unpaired) electrons. The van der Waals surface area contributed by atoms with E-state index in [9.17, 15) is 13.2 Å². The first kappa shape index (κ1) is 27.0. The second-order valence-electron chi connectivity index (χ2n) is 8.96. The smallest absolute Gasteiger partial charge is 0.416 e. The number of para-hydroxylation sites is 1. The molecule has 3 heterocycles. The number of sulfonamides is 1. The van der Waals surface area contributed by atoms with Crippen molar-refractivity contribution in [3.8, 4) is 0 Å². The molecule has 2 aliphatic rings. The molecule has 3 aromatic carbocycles. The Balaban J connectivity index is 0.000000222. The van der Waals surface area contributed by atoms with Gasteiger partial charge in [0.25, 0.3) is 0 Å².